The lowest BCUT2D eigenvalue weighted by Gasteiger charge is -2.16. The third kappa shape index (κ3) is 7.34. The molecule has 0 saturated heterocycles. The number of rotatable bonds is 7. The molecule has 0 aromatic heterocycles. The van der Waals surface area contributed by atoms with Gasteiger partial charge >= 0.3 is 12.2 Å². The van der Waals surface area contributed by atoms with Gasteiger partial charge in [0.15, 0.2) is 0 Å². The summed E-state index contributed by atoms with van der Waals surface area (Å²) in [5.74, 6) is 0. The van der Waals surface area contributed by atoms with Crippen molar-refractivity contribution in [1.29, 1.82) is 0 Å². The predicted molar refractivity (Wildman–Crippen MR) is 79.0 cm³/mol. The van der Waals surface area contributed by atoms with Crippen LogP contribution >= 0.6 is 0 Å². The minimum atomic E-state index is -4.36. The van der Waals surface area contributed by atoms with E-state index in [2.05, 4.69) is 10.6 Å². The number of amides is 2. The van der Waals surface area contributed by atoms with Crippen LogP contribution in [0.2, 0.25) is 0 Å². The fourth-order valence-corrected chi connectivity index (χ4v) is 1.97. The predicted octanol–water partition coefficient (Wildman–Crippen LogP) is 1.94. The molecule has 0 radical (unpaired) electrons. The molecule has 1 aromatic rings. The van der Waals surface area contributed by atoms with Gasteiger partial charge in [-0.25, -0.2) is 4.79 Å². The van der Waals surface area contributed by atoms with Crippen LogP contribution in [-0.4, -0.2) is 43.5 Å². The minimum absolute atomic E-state index is 0.0483. The number of aliphatic hydroxyl groups is 1. The average Bonchev–Trinajstić information content (AvgIpc) is 2.45. The van der Waals surface area contributed by atoms with Crippen molar-refractivity contribution in [2.45, 2.75) is 31.7 Å². The first-order valence-corrected chi connectivity index (χ1v) is 7.10. The van der Waals surface area contributed by atoms with Crippen molar-refractivity contribution in [3.8, 4) is 0 Å². The van der Waals surface area contributed by atoms with Crippen LogP contribution < -0.4 is 10.6 Å². The molecular weight excluding hydrogens is 313 g/mol. The smallest absolute Gasteiger partial charge is 0.389 e. The van der Waals surface area contributed by atoms with Crippen LogP contribution in [0.25, 0.3) is 0 Å². The summed E-state index contributed by atoms with van der Waals surface area (Å²) in [4.78, 5) is 11.6. The Morgan fingerprint density at radius 2 is 1.91 bits per heavy atom. The van der Waals surface area contributed by atoms with Gasteiger partial charge in [0.25, 0.3) is 0 Å². The Kier molecular flexibility index (Phi) is 7.31. The van der Waals surface area contributed by atoms with E-state index < -0.39 is 23.9 Å². The summed E-state index contributed by atoms with van der Waals surface area (Å²) < 4.78 is 42.1. The van der Waals surface area contributed by atoms with E-state index in [0.29, 0.717) is 12.0 Å². The van der Waals surface area contributed by atoms with Gasteiger partial charge in [-0.3, -0.25) is 0 Å². The molecule has 23 heavy (non-hydrogen) atoms. The molecule has 130 valence electrons. The molecule has 0 fully saturated rings. The normalized spacial score (nSPS) is 14.2. The summed E-state index contributed by atoms with van der Waals surface area (Å²) in [6.07, 6.45) is -4.76. The molecule has 8 heteroatoms. The van der Waals surface area contributed by atoms with Crippen molar-refractivity contribution in [2.24, 2.45) is 0 Å². The van der Waals surface area contributed by atoms with E-state index >= 15 is 0 Å². The number of halogens is 3. The Morgan fingerprint density at radius 1 is 1.30 bits per heavy atom. The van der Waals surface area contributed by atoms with Gasteiger partial charge in [0, 0.05) is 19.7 Å². The Morgan fingerprint density at radius 3 is 2.43 bits per heavy atom. The van der Waals surface area contributed by atoms with Gasteiger partial charge in [-0.2, -0.15) is 13.2 Å². The number of carbonyl (C=O) groups is 1. The monoisotopic (exact) mass is 334 g/mol. The molecule has 2 amide bonds. The van der Waals surface area contributed by atoms with E-state index in [9.17, 15) is 23.1 Å². The van der Waals surface area contributed by atoms with E-state index in [1.165, 1.54) is 19.2 Å². The second-order valence-electron chi connectivity index (χ2n) is 5.26. The lowest BCUT2D eigenvalue weighted by atomic mass is 10.1. The van der Waals surface area contributed by atoms with Crippen LogP contribution in [0, 0.1) is 0 Å². The Hall–Kier alpha value is -1.80. The number of methoxy groups -OCH3 is 1. The summed E-state index contributed by atoms with van der Waals surface area (Å²) in [5.41, 5.74) is -0.0167. The SMILES string of the molecule is COCC(O)CNC(=O)NC(C)Cc1ccc(C(F)(F)F)cc1. The molecule has 0 spiro atoms. The fourth-order valence-electron chi connectivity index (χ4n) is 1.97. The Labute approximate surface area is 132 Å². The lowest BCUT2D eigenvalue weighted by molar-refractivity contribution is -0.137. The second kappa shape index (κ2) is 8.73. The zero-order chi connectivity index (χ0) is 17.5. The number of alkyl halides is 3. The standard InChI is InChI=1S/C15H21F3N2O3/c1-10(20-14(22)19-8-13(21)9-23-2)7-11-3-5-12(6-4-11)15(16,17)18/h3-6,10,13,21H,7-9H2,1-2H3,(H2,19,20,22). The second-order valence-corrected chi connectivity index (χ2v) is 5.26. The summed E-state index contributed by atoms with van der Waals surface area (Å²) in [7, 11) is 1.44. The fraction of sp³-hybridized carbons (Fsp3) is 0.533. The molecular formula is C15H21F3N2O3. The average molecular weight is 334 g/mol. The minimum Gasteiger partial charge on any atom is -0.389 e. The van der Waals surface area contributed by atoms with Crippen molar-refractivity contribution in [3.05, 3.63) is 35.4 Å². The largest absolute Gasteiger partial charge is 0.416 e. The van der Waals surface area contributed by atoms with Crippen molar-refractivity contribution in [2.75, 3.05) is 20.3 Å². The molecule has 3 N–H and O–H groups in total. The molecule has 0 saturated carbocycles. The van der Waals surface area contributed by atoms with Gasteiger partial charge in [0.1, 0.15) is 0 Å². The van der Waals surface area contributed by atoms with E-state index in [-0.39, 0.29) is 19.2 Å². The van der Waals surface area contributed by atoms with Gasteiger partial charge < -0.3 is 20.5 Å². The summed E-state index contributed by atoms with van der Waals surface area (Å²) in [5, 5.41) is 14.5. The quantitative estimate of drug-likeness (QED) is 0.714. The molecule has 0 aliphatic carbocycles. The number of urea groups is 1. The van der Waals surface area contributed by atoms with E-state index in [0.717, 1.165) is 12.1 Å². The van der Waals surface area contributed by atoms with Gasteiger partial charge in [-0.1, -0.05) is 12.1 Å². The number of aliphatic hydroxyl groups excluding tert-OH is 1. The van der Waals surface area contributed by atoms with Crippen LogP contribution in [0.15, 0.2) is 24.3 Å². The topological polar surface area (TPSA) is 70.6 Å². The van der Waals surface area contributed by atoms with E-state index in [4.69, 9.17) is 4.74 Å². The molecule has 1 aromatic carbocycles. The molecule has 1 rings (SSSR count). The number of hydrogen-bond donors (Lipinski definition) is 3. The number of hydrogen-bond acceptors (Lipinski definition) is 3. The van der Waals surface area contributed by atoms with E-state index in [1.54, 1.807) is 6.92 Å². The van der Waals surface area contributed by atoms with Crippen LogP contribution in [0.3, 0.4) is 0 Å². The molecule has 5 nitrogen and oxygen atoms in total. The van der Waals surface area contributed by atoms with Crippen molar-refractivity contribution in [3.63, 3.8) is 0 Å². The maximum Gasteiger partial charge on any atom is 0.416 e. The Bertz CT molecular complexity index is 492. The highest BCUT2D eigenvalue weighted by molar-refractivity contribution is 5.74. The summed E-state index contributed by atoms with van der Waals surface area (Å²) in [6, 6.07) is 4.08. The molecule has 0 aliphatic rings. The first-order chi connectivity index (χ1) is 10.7. The maximum atomic E-state index is 12.5. The van der Waals surface area contributed by atoms with Gasteiger partial charge in [-0.05, 0) is 31.0 Å². The summed E-state index contributed by atoms with van der Waals surface area (Å²) >= 11 is 0. The van der Waals surface area contributed by atoms with Crippen LogP contribution in [0.1, 0.15) is 18.1 Å². The van der Waals surface area contributed by atoms with Crippen molar-refractivity contribution >= 4 is 6.03 Å². The molecule has 0 heterocycles. The van der Waals surface area contributed by atoms with Crippen LogP contribution in [0.4, 0.5) is 18.0 Å². The number of ether oxygens (including phenoxy) is 1. The van der Waals surface area contributed by atoms with Crippen molar-refractivity contribution < 1.29 is 27.8 Å². The highest BCUT2D eigenvalue weighted by Crippen LogP contribution is 2.29. The molecule has 0 bridgehead atoms. The summed E-state index contributed by atoms with van der Waals surface area (Å²) in [6.45, 7) is 1.90. The number of carbonyl (C=O) groups excluding carboxylic acids is 1. The van der Waals surface area contributed by atoms with E-state index in [1.807, 2.05) is 0 Å². The van der Waals surface area contributed by atoms with Gasteiger partial charge in [0.2, 0.25) is 0 Å². The Balaban J connectivity index is 2.41. The first kappa shape index (κ1) is 19.2. The third-order valence-corrected chi connectivity index (χ3v) is 3.06. The maximum absolute atomic E-state index is 12.5. The third-order valence-electron chi connectivity index (χ3n) is 3.06. The van der Waals surface area contributed by atoms with Crippen LogP contribution in [-0.2, 0) is 17.3 Å². The van der Waals surface area contributed by atoms with Crippen molar-refractivity contribution in [1.82, 2.24) is 10.6 Å². The van der Waals surface area contributed by atoms with Gasteiger partial charge in [-0.15, -0.1) is 0 Å². The lowest BCUT2D eigenvalue weighted by Crippen LogP contribution is -2.44. The molecule has 2 atom stereocenters. The number of nitrogens with one attached hydrogen (secondary N) is 2. The van der Waals surface area contributed by atoms with Crippen LogP contribution in [0.5, 0.6) is 0 Å². The zero-order valence-electron chi connectivity index (χ0n) is 13.0. The molecule has 2 unspecified atom stereocenters. The zero-order valence-corrected chi connectivity index (χ0v) is 13.0. The highest BCUT2D eigenvalue weighted by atomic mass is 19.4. The van der Waals surface area contributed by atoms with Gasteiger partial charge in [0.05, 0.1) is 18.3 Å². The highest BCUT2D eigenvalue weighted by Gasteiger charge is 2.29. The molecule has 0 aliphatic heterocycles. The number of benzene rings is 1. The first-order valence-electron chi connectivity index (χ1n) is 7.10.